The van der Waals surface area contributed by atoms with Crippen LogP contribution in [0.1, 0.15) is 19.3 Å². The molecule has 0 aromatic rings. The van der Waals surface area contributed by atoms with E-state index in [1.807, 2.05) is 0 Å². The maximum Gasteiger partial charge on any atom is 0.322 e. The van der Waals surface area contributed by atoms with Crippen LogP contribution in [0.3, 0.4) is 0 Å². The standard InChI is InChI=1S/C13H22N4O5S2/c1-9(16-7-13(20)21)10(14)8-24-23-6-5-15-11(18)3-2-4-12(19)17-22/h10,16H,1-8,14H2,(H,15,18)(H,20,21). The lowest BCUT2D eigenvalue weighted by Gasteiger charge is -2.15. The number of carbonyl (C=O) groups is 3. The average Bonchev–Trinajstić information content (AvgIpc) is 2.55. The highest BCUT2D eigenvalue weighted by Crippen LogP contribution is 2.21. The van der Waals surface area contributed by atoms with Gasteiger partial charge in [0.1, 0.15) is 6.54 Å². The van der Waals surface area contributed by atoms with Crippen molar-refractivity contribution in [3.8, 4) is 0 Å². The van der Waals surface area contributed by atoms with Crippen molar-refractivity contribution in [1.29, 1.82) is 0 Å². The molecule has 0 rings (SSSR count). The average molecular weight is 378 g/mol. The van der Waals surface area contributed by atoms with Gasteiger partial charge in [-0.1, -0.05) is 28.2 Å². The van der Waals surface area contributed by atoms with Crippen molar-refractivity contribution in [2.75, 3.05) is 24.6 Å². The van der Waals surface area contributed by atoms with Crippen molar-refractivity contribution in [3.63, 3.8) is 0 Å². The Morgan fingerprint density at radius 2 is 1.92 bits per heavy atom. The molecular weight excluding hydrogens is 356 g/mol. The lowest BCUT2D eigenvalue weighted by Crippen LogP contribution is -2.35. The van der Waals surface area contributed by atoms with E-state index in [4.69, 9.17) is 10.8 Å². The zero-order chi connectivity index (χ0) is 18.4. The molecule has 1 unspecified atom stereocenters. The number of carboxylic acids is 1. The van der Waals surface area contributed by atoms with Crippen LogP contribution in [-0.2, 0) is 14.4 Å². The van der Waals surface area contributed by atoms with E-state index in [1.165, 1.54) is 21.6 Å². The molecule has 24 heavy (non-hydrogen) atoms. The van der Waals surface area contributed by atoms with Gasteiger partial charge in [0.15, 0.2) is 0 Å². The molecule has 0 aliphatic rings. The molecule has 5 N–H and O–H groups in total. The van der Waals surface area contributed by atoms with Crippen LogP contribution in [0, 0.1) is 4.91 Å². The monoisotopic (exact) mass is 378 g/mol. The highest BCUT2D eigenvalue weighted by Gasteiger charge is 2.09. The maximum absolute atomic E-state index is 11.4. The maximum atomic E-state index is 11.4. The molecular formula is C13H22N4O5S2. The Morgan fingerprint density at radius 3 is 2.54 bits per heavy atom. The summed E-state index contributed by atoms with van der Waals surface area (Å²) < 4.78 is 0. The van der Waals surface area contributed by atoms with E-state index < -0.39 is 11.9 Å². The Hall–Kier alpha value is -1.59. The number of nitrogens with two attached hydrogens (primary N) is 1. The molecule has 0 aromatic carbocycles. The zero-order valence-electron chi connectivity index (χ0n) is 13.2. The van der Waals surface area contributed by atoms with Gasteiger partial charge in [0.05, 0.1) is 6.04 Å². The van der Waals surface area contributed by atoms with E-state index in [-0.39, 0.29) is 31.3 Å². The number of carboxylic acid groups (broad SMARTS) is 1. The van der Waals surface area contributed by atoms with Crippen LogP contribution in [0.5, 0.6) is 0 Å². The van der Waals surface area contributed by atoms with Crippen LogP contribution in [0.4, 0.5) is 0 Å². The summed E-state index contributed by atoms with van der Waals surface area (Å²) in [5.74, 6) is -0.668. The van der Waals surface area contributed by atoms with Crippen molar-refractivity contribution in [2.24, 2.45) is 10.9 Å². The SMILES string of the molecule is C=C(NCC(=O)O)C(N)CSSCCNC(=O)CCCC(=O)N=O. The minimum absolute atomic E-state index is 0.0147. The first-order valence-corrected chi connectivity index (χ1v) is 9.63. The molecule has 136 valence electrons. The third-order valence-corrected chi connectivity index (χ3v) is 5.09. The molecule has 2 amide bonds. The fourth-order valence-corrected chi connectivity index (χ4v) is 3.45. The van der Waals surface area contributed by atoms with Gasteiger partial charge in [-0.05, 0) is 6.42 Å². The quantitative estimate of drug-likeness (QED) is 0.192. The Labute approximate surface area is 147 Å². The Kier molecular flexibility index (Phi) is 12.9. The third-order valence-electron chi connectivity index (χ3n) is 2.65. The summed E-state index contributed by atoms with van der Waals surface area (Å²) in [6.45, 7) is 3.94. The molecule has 0 radical (unpaired) electrons. The molecule has 0 saturated carbocycles. The van der Waals surface area contributed by atoms with Gasteiger partial charge >= 0.3 is 5.97 Å². The lowest BCUT2D eigenvalue weighted by molar-refractivity contribution is -0.135. The number of nitrogens with zero attached hydrogens (tertiary/aromatic N) is 1. The molecule has 11 heteroatoms. The van der Waals surface area contributed by atoms with Crippen LogP contribution in [0.2, 0.25) is 0 Å². The number of hydrogen-bond acceptors (Lipinski definition) is 8. The van der Waals surface area contributed by atoms with Crippen LogP contribution >= 0.6 is 21.6 Å². The molecule has 0 heterocycles. The van der Waals surface area contributed by atoms with Crippen molar-refractivity contribution < 1.29 is 19.5 Å². The number of aliphatic carboxylic acids is 1. The van der Waals surface area contributed by atoms with Gasteiger partial charge in [-0.25, -0.2) is 0 Å². The number of nitrogens with one attached hydrogen (secondary N) is 2. The van der Waals surface area contributed by atoms with Gasteiger partial charge in [-0.3, -0.25) is 14.4 Å². The van der Waals surface area contributed by atoms with Gasteiger partial charge in [-0.15, -0.1) is 4.91 Å². The van der Waals surface area contributed by atoms with E-state index in [0.717, 1.165) is 0 Å². The zero-order valence-corrected chi connectivity index (χ0v) is 14.8. The number of rotatable bonds is 14. The second-order valence-electron chi connectivity index (χ2n) is 4.67. The molecule has 9 nitrogen and oxygen atoms in total. The van der Waals surface area contributed by atoms with Gasteiger partial charge in [0, 0.05) is 41.8 Å². The van der Waals surface area contributed by atoms with E-state index in [2.05, 4.69) is 22.4 Å². The van der Waals surface area contributed by atoms with E-state index >= 15 is 0 Å². The molecule has 0 spiro atoms. The Morgan fingerprint density at radius 1 is 1.21 bits per heavy atom. The summed E-state index contributed by atoms with van der Waals surface area (Å²) in [6, 6.07) is -0.361. The van der Waals surface area contributed by atoms with E-state index in [0.29, 0.717) is 30.2 Å². The fourth-order valence-electron chi connectivity index (χ4n) is 1.37. The predicted octanol–water partition coefficient (Wildman–Crippen LogP) is 0.463. The van der Waals surface area contributed by atoms with Gasteiger partial charge in [0.25, 0.3) is 5.91 Å². The normalized spacial score (nSPS) is 11.4. The predicted molar refractivity (Wildman–Crippen MR) is 95.3 cm³/mol. The molecule has 0 fully saturated rings. The van der Waals surface area contributed by atoms with Crippen molar-refractivity contribution in [3.05, 3.63) is 17.2 Å². The summed E-state index contributed by atoms with van der Waals surface area (Å²) in [5, 5.41) is 16.1. The minimum Gasteiger partial charge on any atom is -0.480 e. The summed E-state index contributed by atoms with van der Waals surface area (Å²) in [4.78, 5) is 42.3. The molecule has 0 bridgehead atoms. The van der Waals surface area contributed by atoms with Crippen molar-refractivity contribution >= 4 is 39.4 Å². The van der Waals surface area contributed by atoms with E-state index in [9.17, 15) is 19.3 Å². The van der Waals surface area contributed by atoms with Crippen molar-refractivity contribution in [1.82, 2.24) is 10.6 Å². The highest BCUT2D eigenvalue weighted by molar-refractivity contribution is 8.76. The van der Waals surface area contributed by atoms with Crippen LogP contribution in [0.15, 0.2) is 17.5 Å². The third kappa shape index (κ3) is 12.9. The first kappa shape index (κ1) is 22.4. The topological polar surface area (TPSA) is 151 Å². The van der Waals surface area contributed by atoms with Gasteiger partial charge < -0.3 is 21.5 Å². The number of hydrogen-bond donors (Lipinski definition) is 4. The summed E-state index contributed by atoms with van der Waals surface area (Å²) >= 11 is 0. The van der Waals surface area contributed by atoms with Crippen LogP contribution in [-0.4, -0.2) is 53.5 Å². The van der Waals surface area contributed by atoms with Gasteiger partial charge in [0.2, 0.25) is 5.91 Å². The summed E-state index contributed by atoms with van der Waals surface area (Å²) in [7, 11) is 3.02. The second kappa shape index (κ2) is 13.8. The number of amides is 2. The summed E-state index contributed by atoms with van der Waals surface area (Å²) in [6.07, 6.45) is 0.469. The molecule has 1 atom stereocenters. The summed E-state index contributed by atoms with van der Waals surface area (Å²) in [5.41, 5.74) is 6.31. The number of carbonyl (C=O) groups excluding carboxylic acids is 2. The van der Waals surface area contributed by atoms with Gasteiger partial charge in [-0.2, -0.15) is 0 Å². The smallest absolute Gasteiger partial charge is 0.322 e. The lowest BCUT2D eigenvalue weighted by atomic mass is 10.2. The molecule has 0 aromatic heterocycles. The largest absolute Gasteiger partial charge is 0.480 e. The van der Waals surface area contributed by atoms with E-state index in [1.54, 1.807) is 0 Å². The van der Waals surface area contributed by atoms with Crippen molar-refractivity contribution in [2.45, 2.75) is 25.3 Å². The minimum atomic E-state index is -0.979. The molecule has 0 saturated heterocycles. The molecule has 0 aliphatic carbocycles. The second-order valence-corrected chi connectivity index (χ2v) is 7.30. The fraction of sp³-hybridized carbons (Fsp3) is 0.615. The molecule has 0 aliphatic heterocycles. The number of nitroso groups, excluding NO2 is 1. The Balaban J connectivity index is 3.57. The Bertz CT molecular complexity index is 462. The van der Waals surface area contributed by atoms with Crippen LogP contribution in [0.25, 0.3) is 0 Å². The first-order valence-electron chi connectivity index (χ1n) is 7.14. The first-order chi connectivity index (χ1) is 11.4. The highest BCUT2D eigenvalue weighted by atomic mass is 33.1. The van der Waals surface area contributed by atoms with Crippen LogP contribution < -0.4 is 16.4 Å².